The topological polar surface area (TPSA) is 42.0 Å². The average Bonchev–Trinajstić information content (AvgIpc) is 2.35. The van der Waals surface area contributed by atoms with Crippen LogP contribution in [-0.2, 0) is 11.0 Å². The Morgan fingerprint density at radius 3 is 2.52 bits per heavy atom. The first-order valence-corrected chi connectivity index (χ1v) is 9.02. The van der Waals surface area contributed by atoms with Crippen LogP contribution in [0.4, 0.5) is 0 Å². The predicted molar refractivity (Wildman–Crippen MR) is 91.7 cm³/mol. The molecule has 0 saturated carbocycles. The minimum Gasteiger partial charge on any atom is -0.259 e. The molecule has 0 fully saturated rings. The third-order valence-electron chi connectivity index (χ3n) is 3.18. The van der Waals surface area contributed by atoms with Crippen molar-refractivity contribution in [3.8, 4) is 0 Å². The molecule has 1 aromatic rings. The van der Waals surface area contributed by atoms with E-state index in [0.29, 0.717) is 10.9 Å². The Hall–Kier alpha value is -0.450. The molecule has 0 aliphatic rings. The SMILES string of the molecule is CC(C)CCCC(NS(=O)C(C)(C)C)c1cc(Cl)ccn1. The van der Waals surface area contributed by atoms with Gasteiger partial charge in [0.1, 0.15) is 0 Å². The van der Waals surface area contributed by atoms with E-state index in [1.807, 2.05) is 26.8 Å². The Morgan fingerprint density at radius 2 is 2.00 bits per heavy atom. The van der Waals surface area contributed by atoms with Gasteiger partial charge in [-0.2, -0.15) is 0 Å². The van der Waals surface area contributed by atoms with Crippen molar-refractivity contribution in [1.29, 1.82) is 0 Å². The summed E-state index contributed by atoms with van der Waals surface area (Å²) in [5, 5.41) is 0.664. The Labute approximate surface area is 136 Å². The Kier molecular flexibility index (Phi) is 7.31. The standard InChI is InChI=1S/C16H27ClN2OS/c1-12(2)7-6-8-14(19-21(20)16(3,4)5)15-11-13(17)9-10-18-15/h9-12,14,19H,6-8H2,1-5H3. The summed E-state index contributed by atoms with van der Waals surface area (Å²) in [6.45, 7) is 10.3. The normalized spacial score (nSPS) is 15.2. The quantitative estimate of drug-likeness (QED) is 0.790. The maximum atomic E-state index is 12.4. The van der Waals surface area contributed by atoms with Crippen LogP contribution in [0.15, 0.2) is 18.3 Å². The summed E-state index contributed by atoms with van der Waals surface area (Å²) >= 11 is 6.06. The molecule has 1 aromatic heterocycles. The molecule has 1 rings (SSSR count). The first-order chi connectivity index (χ1) is 9.70. The maximum Gasteiger partial charge on any atom is 0.0976 e. The predicted octanol–water partition coefficient (Wildman–Crippen LogP) is 4.65. The van der Waals surface area contributed by atoms with Crippen LogP contribution in [0.2, 0.25) is 5.02 Å². The minimum atomic E-state index is -1.12. The van der Waals surface area contributed by atoms with Crippen molar-refractivity contribution in [3.63, 3.8) is 0 Å². The first kappa shape index (κ1) is 18.6. The van der Waals surface area contributed by atoms with E-state index in [-0.39, 0.29) is 10.8 Å². The molecule has 0 spiro atoms. The Bertz CT molecular complexity index is 472. The lowest BCUT2D eigenvalue weighted by atomic mass is 10.0. The van der Waals surface area contributed by atoms with Gasteiger partial charge in [0.2, 0.25) is 0 Å². The van der Waals surface area contributed by atoms with Gasteiger partial charge >= 0.3 is 0 Å². The van der Waals surface area contributed by atoms with Gasteiger partial charge in [0.15, 0.2) is 0 Å². The van der Waals surface area contributed by atoms with E-state index in [4.69, 9.17) is 11.6 Å². The molecule has 21 heavy (non-hydrogen) atoms. The third-order valence-corrected chi connectivity index (χ3v) is 5.03. The number of nitrogens with one attached hydrogen (secondary N) is 1. The van der Waals surface area contributed by atoms with Crippen LogP contribution in [0.25, 0.3) is 0 Å². The van der Waals surface area contributed by atoms with Crippen molar-refractivity contribution >= 4 is 22.6 Å². The summed E-state index contributed by atoms with van der Waals surface area (Å²) in [5.74, 6) is 0.672. The third kappa shape index (κ3) is 6.90. The number of nitrogens with zero attached hydrogens (tertiary/aromatic N) is 1. The Morgan fingerprint density at radius 1 is 1.33 bits per heavy atom. The molecule has 120 valence electrons. The molecule has 2 atom stereocenters. The van der Waals surface area contributed by atoms with Crippen LogP contribution in [0.3, 0.4) is 0 Å². The summed E-state index contributed by atoms with van der Waals surface area (Å²) in [4.78, 5) is 4.39. The zero-order valence-corrected chi connectivity index (χ0v) is 15.2. The fourth-order valence-electron chi connectivity index (χ4n) is 1.92. The highest BCUT2D eigenvalue weighted by molar-refractivity contribution is 7.84. The summed E-state index contributed by atoms with van der Waals surface area (Å²) in [7, 11) is -1.12. The van der Waals surface area contributed by atoms with E-state index < -0.39 is 11.0 Å². The van der Waals surface area contributed by atoms with Gasteiger partial charge in [-0.25, -0.2) is 8.93 Å². The van der Waals surface area contributed by atoms with Crippen LogP contribution < -0.4 is 4.72 Å². The fourth-order valence-corrected chi connectivity index (χ4v) is 2.93. The maximum absolute atomic E-state index is 12.4. The smallest absolute Gasteiger partial charge is 0.0976 e. The largest absolute Gasteiger partial charge is 0.259 e. The van der Waals surface area contributed by atoms with Crippen molar-refractivity contribution in [2.75, 3.05) is 0 Å². The number of pyridine rings is 1. The van der Waals surface area contributed by atoms with Crippen LogP contribution in [-0.4, -0.2) is 13.9 Å². The Balaban J connectivity index is 2.82. The van der Waals surface area contributed by atoms with Crippen molar-refractivity contribution in [2.45, 2.75) is 64.7 Å². The molecular weight excluding hydrogens is 304 g/mol. The number of rotatable bonds is 7. The van der Waals surface area contributed by atoms with Crippen LogP contribution in [0, 0.1) is 5.92 Å². The average molecular weight is 331 g/mol. The van der Waals surface area contributed by atoms with E-state index in [2.05, 4.69) is 23.6 Å². The minimum absolute atomic E-state index is 0.0255. The van der Waals surface area contributed by atoms with Gasteiger partial charge in [-0.15, -0.1) is 0 Å². The van der Waals surface area contributed by atoms with Gasteiger partial charge in [0, 0.05) is 11.2 Å². The summed E-state index contributed by atoms with van der Waals surface area (Å²) < 4.78 is 15.3. The summed E-state index contributed by atoms with van der Waals surface area (Å²) in [5.41, 5.74) is 0.865. The molecule has 1 heterocycles. The van der Waals surface area contributed by atoms with E-state index in [1.165, 1.54) is 0 Å². The van der Waals surface area contributed by atoms with Gasteiger partial charge in [-0.3, -0.25) is 4.98 Å². The summed E-state index contributed by atoms with van der Waals surface area (Å²) in [6.07, 6.45) is 4.84. The van der Waals surface area contributed by atoms with Crippen LogP contribution in [0.1, 0.15) is 65.6 Å². The molecule has 0 aliphatic carbocycles. The first-order valence-electron chi connectivity index (χ1n) is 7.49. The molecule has 3 nitrogen and oxygen atoms in total. The second kappa shape index (κ2) is 8.25. The molecule has 0 saturated heterocycles. The second-order valence-corrected chi connectivity index (χ2v) is 9.21. The lowest BCUT2D eigenvalue weighted by Crippen LogP contribution is -2.36. The molecule has 0 amide bonds. The number of hydrogen-bond acceptors (Lipinski definition) is 2. The monoisotopic (exact) mass is 330 g/mol. The highest BCUT2D eigenvalue weighted by Gasteiger charge is 2.24. The molecule has 1 N–H and O–H groups in total. The lowest BCUT2D eigenvalue weighted by molar-refractivity contribution is 0.482. The van der Waals surface area contributed by atoms with Gasteiger partial charge in [-0.05, 0) is 45.2 Å². The molecule has 0 radical (unpaired) electrons. The molecular formula is C16H27ClN2OS. The molecule has 0 aromatic carbocycles. The number of halogens is 1. The highest BCUT2D eigenvalue weighted by atomic mass is 35.5. The van der Waals surface area contributed by atoms with Gasteiger partial charge < -0.3 is 0 Å². The van der Waals surface area contributed by atoms with Crippen molar-refractivity contribution in [1.82, 2.24) is 9.71 Å². The van der Waals surface area contributed by atoms with Crippen LogP contribution in [0.5, 0.6) is 0 Å². The molecule has 5 heteroatoms. The molecule has 0 bridgehead atoms. The van der Waals surface area contributed by atoms with Gasteiger partial charge in [0.25, 0.3) is 0 Å². The van der Waals surface area contributed by atoms with Gasteiger partial charge in [-0.1, -0.05) is 38.3 Å². The lowest BCUT2D eigenvalue weighted by Gasteiger charge is -2.24. The fraction of sp³-hybridized carbons (Fsp3) is 0.688. The van der Waals surface area contributed by atoms with E-state index in [1.54, 1.807) is 12.3 Å². The second-order valence-electron chi connectivity index (χ2n) is 6.78. The molecule has 2 unspecified atom stereocenters. The number of aromatic nitrogens is 1. The van der Waals surface area contributed by atoms with Crippen molar-refractivity contribution in [3.05, 3.63) is 29.0 Å². The number of hydrogen-bond donors (Lipinski definition) is 1. The van der Waals surface area contributed by atoms with E-state index in [0.717, 1.165) is 25.0 Å². The summed E-state index contributed by atoms with van der Waals surface area (Å²) in [6, 6.07) is 3.59. The zero-order chi connectivity index (χ0) is 16.0. The van der Waals surface area contributed by atoms with Gasteiger partial charge in [0.05, 0.1) is 27.5 Å². The van der Waals surface area contributed by atoms with Crippen molar-refractivity contribution in [2.24, 2.45) is 5.92 Å². The highest BCUT2D eigenvalue weighted by Crippen LogP contribution is 2.24. The van der Waals surface area contributed by atoms with E-state index >= 15 is 0 Å². The van der Waals surface area contributed by atoms with Crippen LogP contribution >= 0.6 is 11.6 Å². The van der Waals surface area contributed by atoms with Crippen molar-refractivity contribution < 1.29 is 4.21 Å². The molecule has 0 aliphatic heterocycles. The van der Waals surface area contributed by atoms with E-state index in [9.17, 15) is 4.21 Å². The zero-order valence-electron chi connectivity index (χ0n) is 13.6.